The number of hydrogen-bond donors (Lipinski definition) is 3. The van der Waals surface area contributed by atoms with Crippen molar-refractivity contribution in [1.29, 1.82) is 0 Å². The number of nitrogens with zero attached hydrogens (tertiary/aromatic N) is 2. The minimum atomic E-state index is -0.140. The largest absolute Gasteiger partial charge is 0.352 e. The number of para-hydroxylation sites is 1. The standard InChI is InChI=1S/C21H17Cl2N5O/c22-15-2-1-3-16(23)19(15)28-21-26-17-5-4-14(12-18(17)27-21)20(29)25-11-8-13-6-9-24-10-7-13/h1-7,9-10,12H,8,11H2,(H,25,29)(H2,26,27,28). The Hall–Kier alpha value is -3.09. The maximum absolute atomic E-state index is 12.5. The number of benzene rings is 2. The van der Waals surface area contributed by atoms with E-state index in [9.17, 15) is 4.79 Å². The van der Waals surface area contributed by atoms with E-state index < -0.39 is 0 Å². The molecule has 0 saturated carbocycles. The number of carbonyl (C=O) groups is 1. The van der Waals surface area contributed by atoms with Crippen LogP contribution in [0.15, 0.2) is 60.9 Å². The van der Waals surface area contributed by atoms with Crippen molar-refractivity contribution < 1.29 is 4.79 Å². The molecule has 0 bridgehead atoms. The molecule has 4 rings (SSSR count). The molecule has 146 valence electrons. The third kappa shape index (κ3) is 4.50. The topological polar surface area (TPSA) is 82.7 Å². The summed E-state index contributed by atoms with van der Waals surface area (Å²) in [5, 5.41) is 7.01. The zero-order valence-electron chi connectivity index (χ0n) is 15.2. The molecular formula is C21H17Cl2N5O. The summed E-state index contributed by atoms with van der Waals surface area (Å²) in [5.41, 5.74) is 3.71. The Bertz CT molecular complexity index is 1140. The van der Waals surface area contributed by atoms with Gasteiger partial charge in [-0.2, -0.15) is 0 Å². The van der Waals surface area contributed by atoms with Crippen LogP contribution in [-0.2, 0) is 6.42 Å². The van der Waals surface area contributed by atoms with Crippen molar-refractivity contribution in [3.05, 3.63) is 82.1 Å². The van der Waals surface area contributed by atoms with Crippen LogP contribution in [0.3, 0.4) is 0 Å². The number of pyridine rings is 1. The van der Waals surface area contributed by atoms with E-state index in [0.29, 0.717) is 33.8 Å². The average Bonchev–Trinajstić information content (AvgIpc) is 3.13. The van der Waals surface area contributed by atoms with Gasteiger partial charge in [-0.1, -0.05) is 29.3 Å². The van der Waals surface area contributed by atoms with Gasteiger partial charge in [0.25, 0.3) is 5.91 Å². The smallest absolute Gasteiger partial charge is 0.251 e. The highest BCUT2D eigenvalue weighted by Gasteiger charge is 2.11. The van der Waals surface area contributed by atoms with Crippen LogP contribution in [0.5, 0.6) is 0 Å². The number of rotatable bonds is 6. The van der Waals surface area contributed by atoms with Gasteiger partial charge in [0.1, 0.15) is 0 Å². The van der Waals surface area contributed by atoms with Crippen LogP contribution in [-0.4, -0.2) is 27.4 Å². The second kappa shape index (κ2) is 8.51. The van der Waals surface area contributed by atoms with Crippen molar-refractivity contribution >= 4 is 51.8 Å². The molecule has 2 aromatic carbocycles. The van der Waals surface area contributed by atoms with E-state index in [1.54, 1.807) is 48.8 Å². The predicted molar refractivity (Wildman–Crippen MR) is 116 cm³/mol. The molecule has 3 N–H and O–H groups in total. The first-order valence-electron chi connectivity index (χ1n) is 8.98. The van der Waals surface area contributed by atoms with E-state index in [-0.39, 0.29) is 5.91 Å². The number of aromatic nitrogens is 3. The summed E-state index contributed by atoms with van der Waals surface area (Å²) in [5.74, 6) is 0.351. The second-order valence-corrected chi connectivity index (χ2v) is 7.21. The monoisotopic (exact) mass is 425 g/mol. The first-order chi connectivity index (χ1) is 14.1. The van der Waals surface area contributed by atoms with Crippen molar-refractivity contribution in [2.24, 2.45) is 0 Å². The first kappa shape index (κ1) is 19.2. The number of anilines is 2. The van der Waals surface area contributed by atoms with E-state index in [0.717, 1.165) is 23.0 Å². The fraction of sp³-hybridized carbons (Fsp3) is 0.0952. The molecule has 0 atom stereocenters. The lowest BCUT2D eigenvalue weighted by Gasteiger charge is -2.07. The van der Waals surface area contributed by atoms with Gasteiger partial charge in [-0.25, -0.2) is 4.98 Å². The number of halogens is 2. The van der Waals surface area contributed by atoms with Gasteiger partial charge >= 0.3 is 0 Å². The van der Waals surface area contributed by atoms with Crippen molar-refractivity contribution in [2.75, 3.05) is 11.9 Å². The van der Waals surface area contributed by atoms with Gasteiger partial charge in [-0.3, -0.25) is 9.78 Å². The number of carbonyl (C=O) groups excluding carboxylic acids is 1. The van der Waals surface area contributed by atoms with Gasteiger partial charge in [-0.15, -0.1) is 0 Å². The summed E-state index contributed by atoms with van der Waals surface area (Å²) >= 11 is 12.4. The Kier molecular flexibility index (Phi) is 5.64. The highest BCUT2D eigenvalue weighted by atomic mass is 35.5. The third-order valence-electron chi connectivity index (χ3n) is 4.40. The Morgan fingerprint density at radius 2 is 1.79 bits per heavy atom. The highest BCUT2D eigenvalue weighted by molar-refractivity contribution is 6.39. The number of nitrogens with one attached hydrogen (secondary N) is 3. The van der Waals surface area contributed by atoms with Crippen LogP contribution in [0.2, 0.25) is 10.0 Å². The minimum absolute atomic E-state index is 0.140. The lowest BCUT2D eigenvalue weighted by atomic mass is 10.1. The van der Waals surface area contributed by atoms with Gasteiger partial charge in [0.2, 0.25) is 5.95 Å². The van der Waals surface area contributed by atoms with Crippen molar-refractivity contribution in [2.45, 2.75) is 6.42 Å². The number of hydrogen-bond acceptors (Lipinski definition) is 4. The van der Waals surface area contributed by atoms with Crippen LogP contribution < -0.4 is 10.6 Å². The van der Waals surface area contributed by atoms with E-state index >= 15 is 0 Å². The normalized spacial score (nSPS) is 10.8. The number of imidazole rings is 1. The molecule has 0 aliphatic heterocycles. The predicted octanol–water partition coefficient (Wildman–Crippen LogP) is 4.98. The SMILES string of the molecule is O=C(NCCc1ccncc1)c1ccc2nc(Nc3c(Cl)cccc3Cl)[nH]c2c1. The molecule has 0 radical (unpaired) electrons. The van der Waals surface area contributed by atoms with Crippen LogP contribution in [0.1, 0.15) is 15.9 Å². The summed E-state index contributed by atoms with van der Waals surface area (Å²) in [6.45, 7) is 0.543. The van der Waals surface area contributed by atoms with Crippen molar-refractivity contribution in [1.82, 2.24) is 20.3 Å². The van der Waals surface area contributed by atoms with E-state index in [2.05, 4.69) is 25.6 Å². The fourth-order valence-electron chi connectivity index (χ4n) is 2.92. The first-order valence-corrected chi connectivity index (χ1v) is 9.73. The molecule has 6 nitrogen and oxygen atoms in total. The number of aromatic amines is 1. The van der Waals surface area contributed by atoms with Crippen LogP contribution in [0.4, 0.5) is 11.6 Å². The van der Waals surface area contributed by atoms with Crippen LogP contribution in [0.25, 0.3) is 11.0 Å². The maximum Gasteiger partial charge on any atom is 0.251 e. The lowest BCUT2D eigenvalue weighted by molar-refractivity contribution is 0.0954. The molecule has 0 saturated heterocycles. The molecular weight excluding hydrogens is 409 g/mol. The Morgan fingerprint density at radius 1 is 1.03 bits per heavy atom. The highest BCUT2D eigenvalue weighted by Crippen LogP contribution is 2.32. The summed E-state index contributed by atoms with van der Waals surface area (Å²) < 4.78 is 0. The summed E-state index contributed by atoms with van der Waals surface area (Å²) in [7, 11) is 0. The van der Waals surface area contributed by atoms with Gasteiger partial charge in [0, 0.05) is 24.5 Å². The minimum Gasteiger partial charge on any atom is -0.352 e. The molecule has 0 fully saturated rings. The Labute approximate surface area is 177 Å². The summed E-state index contributed by atoms with van der Waals surface area (Å²) in [6, 6.07) is 14.4. The summed E-state index contributed by atoms with van der Waals surface area (Å²) in [6.07, 6.45) is 4.22. The Morgan fingerprint density at radius 3 is 2.55 bits per heavy atom. The number of fused-ring (bicyclic) bond motifs is 1. The maximum atomic E-state index is 12.5. The van der Waals surface area contributed by atoms with Crippen molar-refractivity contribution in [3.8, 4) is 0 Å². The zero-order valence-corrected chi connectivity index (χ0v) is 16.8. The molecule has 8 heteroatoms. The molecule has 0 unspecified atom stereocenters. The molecule has 2 aromatic heterocycles. The lowest BCUT2D eigenvalue weighted by Crippen LogP contribution is -2.25. The summed E-state index contributed by atoms with van der Waals surface area (Å²) in [4.78, 5) is 24.1. The molecule has 4 aromatic rings. The average molecular weight is 426 g/mol. The van der Waals surface area contributed by atoms with Crippen LogP contribution >= 0.6 is 23.2 Å². The van der Waals surface area contributed by atoms with E-state index in [1.165, 1.54) is 0 Å². The second-order valence-electron chi connectivity index (χ2n) is 6.40. The molecule has 0 aliphatic carbocycles. The Balaban J connectivity index is 1.46. The van der Waals surface area contributed by atoms with Gasteiger partial charge in [0.15, 0.2) is 0 Å². The third-order valence-corrected chi connectivity index (χ3v) is 5.03. The molecule has 0 aliphatic rings. The molecule has 29 heavy (non-hydrogen) atoms. The van der Waals surface area contributed by atoms with E-state index in [1.807, 2.05) is 12.1 Å². The molecule has 0 spiro atoms. The number of H-pyrrole nitrogens is 1. The molecule has 1 amide bonds. The quantitative estimate of drug-likeness (QED) is 0.406. The fourth-order valence-corrected chi connectivity index (χ4v) is 3.41. The number of amides is 1. The van der Waals surface area contributed by atoms with Crippen LogP contribution in [0, 0.1) is 0 Å². The van der Waals surface area contributed by atoms with E-state index in [4.69, 9.17) is 23.2 Å². The van der Waals surface area contributed by atoms with Crippen molar-refractivity contribution in [3.63, 3.8) is 0 Å². The molecule has 2 heterocycles. The zero-order chi connectivity index (χ0) is 20.2. The van der Waals surface area contributed by atoms with Gasteiger partial charge in [0.05, 0.1) is 26.8 Å². The van der Waals surface area contributed by atoms with Gasteiger partial charge < -0.3 is 15.6 Å². The van der Waals surface area contributed by atoms with Gasteiger partial charge in [-0.05, 0) is 54.4 Å².